The maximum absolute atomic E-state index is 11.9. The van der Waals surface area contributed by atoms with E-state index >= 15 is 0 Å². The summed E-state index contributed by atoms with van der Waals surface area (Å²) in [4.78, 5) is 34.7. The second kappa shape index (κ2) is 5.16. The van der Waals surface area contributed by atoms with Crippen LogP contribution in [0.25, 0.3) is 0 Å². The van der Waals surface area contributed by atoms with E-state index in [1.54, 1.807) is 0 Å². The zero-order valence-electron chi connectivity index (χ0n) is 11.7. The van der Waals surface area contributed by atoms with Crippen molar-refractivity contribution in [3.63, 3.8) is 0 Å². The highest BCUT2D eigenvalue weighted by Crippen LogP contribution is 2.51. The Labute approximate surface area is 122 Å². The highest BCUT2D eigenvalue weighted by Gasteiger charge is 2.54. The second-order valence-electron chi connectivity index (χ2n) is 6.17. The summed E-state index contributed by atoms with van der Waals surface area (Å²) in [6.07, 6.45) is 4.33. The van der Waals surface area contributed by atoms with Crippen molar-refractivity contribution in [1.29, 1.82) is 0 Å². The molecule has 0 amide bonds. The van der Waals surface area contributed by atoms with Gasteiger partial charge in [0.1, 0.15) is 11.7 Å². The van der Waals surface area contributed by atoms with Crippen LogP contribution in [0.2, 0.25) is 0 Å². The number of hydrogen-bond donors (Lipinski definition) is 0. The zero-order chi connectivity index (χ0) is 15.0. The molecule has 4 rings (SSSR count). The third-order valence-corrected chi connectivity index (χ3v) is 4.54. The van der Waals surface area contributed by atoms with Crippen molar-refractivity contribution in [3.05, 3.63) is 12.7 Å². The van der Waals surface area contributed by atoms with Gasteiger partial charge in [0.15, 0.2) is 6.61 Å². The Hall–Kier alpha value is -1.85. The Bertz CT molecular complexity index is 498. The molecule has 2 aliphatic heterocycles. The van der Waals surface area contributed by atoms with E-state index < -0.39 is 24.1 Å². The Morgan fingerprint density at radius 3 is 2.90 bits per heavy atom. The van der Waals surface area contributed by atoms with Crippen LogP contribution in [0.5, 0.6) is 0 Å². The van der Waals surface area contributed by atoms with E-state index in [0.29, 0.717) is 18.8 Å². The molecule has 2 aliphatic carbocycles. The second-order valence-corrected chi connectivity index (χ2v) is 6.17. The van der Waals surface area contributed by atoms with Crippen LogP contribution in [0.15, 0.2) is 12.7 Å². The van der Waals surface area contributed by atoms with E-state index in [-0.39, 0.29) is 18.0 Å². The van der Waals surface area contributed by atoms with Gasteiger partial charge in [-0.2, -0.15) is 0 Å². The predicted molar refractivity (Wildman–Crippen MR) is 69.9 cm³/mol. The summed E-state index contributed by atoms with van der Waals surface area (Å²) in [5, 5.41) is 0. The van der Waals surface area contributed by atoms with E-state index in [1.165, 1.54) is 0 Å². The van der Waals surface area contributed by atoms with Gasteiger partial charge in [-0.25, -0.2) is 9.59 Å². The summed E-state index contributed by atoms with van der Waals surface area (Å²) >= 11 is 0. The van der Waals surface area contributed by atoms with Crippen LogP contribution >= 0.6 is 0 Å². The molecule has 4 atom stereocenters. The van der Waals surface area contributed by atoms with Crippen LogP contribution in [-0.2, 0) is 28.6 Å². The molecule has 0 aromatic carbocycles. The highest BCUT2D eigenvalue weighted by molar-refractivity contribution is 5.83. The van der Waals surface area contributed by atoms with Crippen LogP contribution in [0.3, 0.4) is 0 Å². The summed E-state index contributed by atoms with van der Waals surface area (Å²) in [5.41, 5.74) is -0.639. The third-order valence-electron chi connectivity index (χ3n) is 4.54. The topological polar surface area (TPSA) is 78.9 Å². The molecule has 0 aromatic rings. The number of esters is 3. The van der Waals surface area contributed by atoms with Crippen molar-refractivity contribution >= 4 is 17.9 Å². The summed E-state index contributed by atoms with van der Waals surface area (Å²) in [6.45, 7) is 2.83. The lowest BCUT2D eigenvalue weighted by Gasteiger charge is -2.45. The van der Waals surface area contributed by atoms with Crippen molar-refractivity contribution in [3.8, 4) is 0 Å². The van der Waals surface area contributed by atoms with Crippen LogP contribution < -0.4 is 0 Å². The van der Waals surface area contributed by atoms with E-state index in [1.807, 2.05) is 0 Å². The normalized spacial score (nSPS) is 36.6. The van der Waals surface area contributed by atoms with Gasteiger partial charge in [0.05, 0.1) is 5.92 Å². The van der Waals surface area contributed by atoms with Crippen molar-refractivity contribution in [1.82, 2.24) is 0 Å². The lowest BCUT2D eigenvalue weighted by Crippen LogP contribution is -2.48. The van der Waals surface area contributed by atoms with Crippen molar-refractivity contribution in [2.75, 3.05) is 6.61 Å². The molecule has 2 saturated heterocycles. The first kappa shape index (κ1) is 14.1. The average molecular weight is 294 g/mol. The van der Waals surface area contributed by atoms with Gasteiger partial charge in [-0.15, -0.1) is 0 Å². The minimum atomic E-state index is -0.659. The predicted octanol–water partition coefficient (Wildman–Crippen LogP) is 1.13. The molecular formula is C15H18O6. The molecule has 4 fully saturated rings. The van der Waals surface area contributed by atoms with Gasteiger partial charge in [0.25, 0.3) is 0 Å². The van der Waals surface area contributed by atoms with E-state index in [2.05, 4.69) is 11.3 Å². The number of fused-ring (bicyclic) bond motifs is 1. The van der Waals surface area contributed by atoms with Gasteiger partial charge in [-0.1, -0.05) is 6.58 Å². The molecule has 21 heavy (non-hydrogen) atoms. The molecule has 2 heterocycles. The Balaban J connectivity index is 1.67. The summed E-state index contributed by atoms with van der Waals surface area (Å²) < 4.78 is 15.7. The maximum atomic E-state index is 11.9. The quantitative estimate of drug-likeness (QED) is 0.439. The summed E-state index contributed by atoms with van der Waals surface area (Å²) in [7, 11) is 0. The van der Waals surface area contributed by atoms with Gasteiger partial charge in [-0.3, -0.25) is 4.79 Å². The van der Waals surface area contributed by atoms with Crippen LogP contribution in [0.1, 0.15) is 32.1 Å². The van der Waals surface area contributed by atoms with E-state index in [4.69, 9.17) is 9.47 Å². The molecule has 6 heteroatoms. The molecule has 4 bridgehead atoms. The molecular weight excluding hydrogens is 276 g/mol. The summed E-state index contributed by atoms with van der Waals surface area (Å²) in [5.74, 6) is -1.23. The average Bonchev–Trinajstić information content (AvgIpc) is 2.58. The van der Waals surface area contributed by atoms with Gasteiger partial charge < -0.3 is 14.2 Å². The van der Waals surface area contributed by atoms with Crippen LogP contribution in [-0.4, -0.2) is 36.2 Å². The molecule has 0 spiro atoms. The molecule has 2 saturated carbocycles. The standard InChI is InChI=1S/C15H18O6/c1-2-12(16)19-8-13(17)21-15-5-9-3-10(6-15)14(18)20-11(4-9)7-15/h2,9-11H,1,3-8H2. The van der Waals surface area contributed by atoms with E-state index in [9.17, 15) is 14.4 Å². The zero-order valence-corrected chi connectivity index (χ0v) is 11.7. The van der Waals surface area contributed by atoms with Crippen LogP contribution in [0.4, 0.5) is 0 Å². The monoisotopic (exact) mass is 294 g/mol. The fraction of sp³-hybridized carbons (Fsp3) is 0.667. The molecule has 0 N–H and O–H groups in total. The minimum Gasteiger partial charge on any atom is -0.462 e. The lowest BCUT2D eigenvalue weighted by atomic mass is 9.65. The smallest absolute Gasteiger partial charge is 0.344 e. The fourth-order valence-electron chi connectivity index (χ4n) is 3.96. The largest absolute Gasteiger partial charge is 0.462 e. The van der Waals surface area contributed by atoms with Crippen molar-refractivity contribution in [2.24, 2.45) is 11.8 Å². The maximum Gasteiger partial charge on any atom is 0.344 e. The van der Waals surface area contributed by atoms with Gasteiger partial charge >= 0.3 is 17.9 Å². The highest BCUT2D eigenvalue weighted by atomic mass is 16.6. The molecule has 4 unspecified atom stereocenters. The first-order valence-corrected chi connectivity index (χ1v) is 7.21. The number of rotatable bonds is 4. The first-order chi connectivity index (χ1) is 9.99. The van der Waals surface area contributed by atoms with E-state index in [0.717, 1.165) is 25.3 Å². The molecule has 4 aliphatic rings. The Morgan fingerprint density at radius 1 is 1.33 bits per heavy atom. The molecule has 114 valence electrons. The molecule has 0 radical (unpaired) electrons. The molecule has 0 aromatic heterocycles. The van der Waals surface area contributed by atoms with Crippen molar-refractivity contribution < 1.29 is 28.6 Å². The Morgan fingerprint density at radius 2 is 2.14 bits per heavy atom. The number of carbonyl (C=O) groups is 3. The number of carbonyl (C=O) groups excluding carboxylic acids is 3. The van der Waals surface area contributed by atoms with Crippen LogP contribution in [0, 0.1) is 11.8 Å². The van der Waals surface area contributed by atoms with Crippen molar-refractivity contribution in [2.45, 2.75) is 43.8 Å². The lowest BCUT2D eigenvalue weighted by molar-refractivity contribution is -0.180. The fourth-order valence-corrected chi connectivity index (χ4v) is 3.96. The summed E-state index contributed by atoms with van der Waals surface area (Å²) in [6, 6.07) is 0. The number of hydrogen-bond acceptors (Lipinski definition) is 6. The van der Waals surface area contributed by atoms with Gasteiger partial charge in [-0.05, 0) is 25.2 Å². The number of ether oxygens (including phenoxy) is 3. The third kappa shape index (κ3) is 2.80. The van der Waals surface area contributed by atoms with Gasteiger partial charge in [0, 0.05) is 18.9 Å². The molecule has 6 nitrogen and oxygen atoms in total. The first-order valence-electron chi connectivity index (χ1n) is 7.21. The SMILES string of the molecule is C=CC(=O)OCC(=O)OC12CC3CC(C1)OC(=O)C(C3)C2. The van der Waals surface area contributed by atoms with Gasteiger partial charge in [0.2, 0.25) is 0 Å². The Kier molecular flexibility index (Phi) is 3.47. The minimum absolute atomic E-state index is 0.160.